The summed E-state index contributed by atoms with van der Waals surface area (Å²) in [4.78, 5) is 0.317. The molecule has 20 heavy (non-hydrogen) atoms. The second-order valence-corrected chi connectivity index (χ2v) is 9.22. The minimum Gasteiger partial charge on any atom is -0.210 e. The van der Waals surface area contributed by atoms with Crippen LogP contribution < -0.4 is 4.72 Å². The van der Waals surface area contributed by atoms with Crippen molar-refractivity contribution in [2.75, 3.05) is 12.8 Å². The lowest BCUT2D eigenvalue weighted by molar-refractivity contribution is 0.551. The third-order valence-corrected chi connectivity index (χ3v) is 7.71. The highest BCUT2D eigenvalue weighted by Crippen LogP contribution is 2.39. The largest absolute Gasteiger partial charge is 0.241 e. The van der Waals surface area contributed by atoms with Crippen molar-refractivity contribution >= 4 is 37.7 Å². The third-order valence-electron chi connectivity index (χ3n) is 3.91. The van der Waals surface area contributed by atoms with Crippen LogP contribution in [0.5, 0.6) is 0 Å². The van der Waals surface area contributed by atoms with E-state index < -0.39 is 10.0 Å². The van der Waals surface area contributed by atoms with Crippen molar-refractivity contribution < 1.29 is 8.42 Å². The van der Waals surface area contributed by atoms with Gasteiger partial charge in [-0.15, -0.1) is 0 Å². The van der Waals surface area contributed by atoms with Gasteiger partial charge < -0.3 is 0 Å². The van der Waals surface area contributed by atoms with Gasteiger partial charge in [0.2, 0.25) is 10.0 Å². The molecule has 112 valence electrons. The molecule has 0 bridgehead atoms. The Bertz CT molecular complexity index is 581. The summed E-state index contributed by atoms with van der Waals surface area (Å²) in [5.74, 6) is 0. The Morgan fingerprint density at radius 1 is 1.35 bits per heavy atom. The van der Waals surface area contributed by atoms with Gasteiger partial charge in [0, 0.05) is 15.8 Å². The molecule has 1 saturated carbocycles. The summed E-state index contributed by atoms with van der Waals surface area (Å²) in [6, 6.07) is 5.30. The minimum absolute atomic E-state index is 0.0737. The Balaban J connectivity index is 2.15. The van der Waals surface area contributed by atoms with Crippen LogP contribution >= 0.6 is 27.7 Å². The molecule has 3 nitrogen and oxygen atoms in total. The number of thioether (sulfide) groups is 1. The van der Waals surface area contributed by atoms with Gasteiger partial charge in [-0.1, -0.05) is 18.9 Å². The Kier molecular flexibility index (Phi) is 5.21. The van der Waals surface area contributed by atoms with E-state index in [1.54, 1.807) is 17.8 Å². The molecule has 1 fully saturated rings. The van der Waals surface area contributed by atoms with Crippen molar-refractivity contribution in [2.24, 2.45) is 0 Å². The number of sulfonamides is 1. The first-order valence-electron chi connectivity index (χ1n) is 6.70. The molecule has 0 unspecified atom stereocenters. The number of halogens is 1. The molecule has 0 aliphatic heterocycles. The first-order valence-corrected chi connectivity index (χ1v) is 10.2. The maximum Gasteiger partial charge on any atom is 0.241 e. The molecule has 0 atom stereocenters. The summed E-state index contributed by atoms with van der Waals surface area (Å²) in [7, 11) is -3.45. The van der Waals surface area contributed by atoms with Crippen LogP contribution in [0, 0.1) is 6.92 Å². The highest BCUT2D eigenvalue weighted by Gasteiger charge is 2.34. The number of hydrogen-bond acceptors (Lipinski definition) is 3. The molecule has 1 aliphatic carbocycles. The van der Waals surface area contributed by atoms with Crippen LogP contribution in [-0.4, -0.2) is 26.0 Å². The van der Waals surface area contributed by atoms with Crippen molar-refractivity contribution in [2.45, 2.75) is 42.2 Å². The molecule has 2 rings (SSSR count). The van der Waals surface area contributed by atoms with Gasteiger partial charge in [-0.2, -0.15) is 11.8 Å². The van der Waals surface area contributed by atoms with E-state index in [0.29, 0.717) is 15.9 Å². The van der Waals surface area contributed by atoms with Gasteiger partial charge in [-0.25, -0.2) is 13.1 Å². The van der Waals surface area contributed by atoms with Crippen LogP contribution in [0.15, 0.2) is 27.6 Å². The first-order chi connectivity index (χ1) is 9.38. The summed E-state index contributed by atoms with van der Waals surface area (Å²) in [5, 5.41) is 0. The molecule has 0 saturated heterocycles. The number of rotatable bonds is 5. The van der Waals surface area contributed by atoms with Crippen molar-refractivity contribution in [1.82, 2.24) is 4.72 Å². The fourth-order valence-corrected chi connectivity index (χ4v) is 5.92. The first kappa shape index (κ1) is 16.3. The van der Waals surface area contributed by atoms with Gasteiger partial charge in [-0.3, -0.25) is 0 Å². The number of nitrogens with one attached hydrogen (secondary N) is 1. The molecular formula is C14H20BrNO2S2. The van der Waals surface area contributed by atoms with Gasteiger partial charge in [0.05, 0.1) is 4.90 Å². The topological polar surface area (TPSA) is 46.2 Å². The summed E-state index contributed by atoms with van der Waals surface area (Å²) in [6.45, 7) is 2.45. The Labute approximate surface area is 134 Å². The van der Waals surface area contributed by atoms with Crippen LogP contribution in [0.4, 0.5) is 0 Å². The molecule has 0 radical (unpaired) electrons. The van der Waals surface area contributed by atoms with E-state index >= 15 is 0 Å². The summed E-state index contributed by atoms with van der Waals surface area (Å²) < 4.78 is 28.3. The zero-order valence-electron chi connectivity index (χ0n) is 11.8. The van der Waals surface area contributed by atoms with Gasteiger partial charge >= 0.3 is 0 Å². The molecule has 0 heterocycles. The Hall–Kier alpha value is -0.0400. The fourth-order valence-electron chi connectivity index (χ4n) is 2.60. The third kappa shape index (κ3) is 3.59. The van der Waals surface area contributed by atoms with Gasteiger partial charge in [0.1, 0.15) is 0 Å². The SMILES string of the molecule is CSC1(CNS(=O)(=O)c2ccc(C)cc2Br)CCCC1. The molecule has 0 amide bonds. The van der Waals surface area contributed by atoms with E-state index in [2.05, 4.69) is 26.9 Å². The minimum atomic E-state index is -3.45. The van der Waals surface area contributed by atoms with Crippen molar-refractivity contribution in [3.63, 3.8) is 0 Å². The average molecular weight is 378 g/mol. The Morgan fingerprint density at radius 2 is 2.00 bits per heavy atom. The molecular weight excluding hydrogens is 358 g/mol. The molecule has 1 aromatic carbocycles. The number of benzene rings is 1. The lowest BCUT2D eigenvalue weighted by Gasteiger charge is -2.26. The molecule has 1 N–H and O–H groups in total. The molecule has 0 spiro atoms. The van der Waals surface area contributed by atoms with E-state index in [1.165, 1.54) is 12.8 Å². The van der Waals surface area contributed by atoms with Crippen LogP contribution in [-0.2, 0) is 10.0 Å². The van der Waals surface area contributed by atoms with Crippen LogP contribution in [0.2, 0.25) is 0 Å². The number of hydrogen-bond donors (Lipinski definition) is 1. The predicted octanol–water partition coefficient (Wildman–Crippen LogP) is 3.71. The van der Waals surface area contributed by atoms with E-state index in [9.17, 15) is 8.42 Å². The van der Waals surface area contributed by atoms with Gasteiger partial charge in [0.25, 0.3) is 0 Å². The molecule has 0 aromatic heterocycles. The molecule has 1 aliphatic rings. The van der Waals surface area contributed by atoms with Crippen LogP contribution in [0.25, 0.3) is 0 Å². The Morgan fingerprint density at radius 3 is 2.55 bits per heavy atom. The standard InChI is InChI=1S/C14H20BrNO2S2/c1-11-5-6-13(12(15)9-11)20(17,18)16-10-14(19-2)7-3-4-8-14/h5-6,9,16H,3-4,7-8,10H2,1-2H3. The van der Waals surface area contributed by atoms with Gasteiger partial charge in [0.15, 0.2) is 0 Å². The fraction of sp³-hybridized carbons (Fsp3) is 0.571. The highest BCUT2D eigenvalue weighted by atomic mass is 79.9. The van der Waals surface area contributed by atoms with Crippen LogP contribution in [0.1, 0.15) is 31.2 Å². The van der Waals surface area contributed by atoms with E-state index in [4.69, 9.17) is 0 Å². The summed E-state index contributed by atoms with van der Waals surface area (Å²) in [6.07, 6.45) is 6.63. The second kappa shape index (κ2) is 6.38. The average Bonchev–Trinajstić information content (AvgIpc) is 2.85. The zero-order valence-corrected chi connectivity index (χ0v) is 15.0. The normalized spacial score (nSPS) is 18.4. The zero-order chi connectivity index (χ0) is 14.8. The highest BCUT2D eigenvalue weighted by molar-refractivity contribution is 9.10. The lowest BCUT2D eigenvalue weighted by Crippen LogP contribution is -2.38. The van der Waals surface area contributed by atoms with E-state index in [1.807, 2.05) is 19.1 Å². The summed E-state index contributed by atoms with van der Waals surface area (Å²) in [5.41, 5.74) is 1.03. The van der Waals surface area contributed by atoms with Crippen molar-refractivity contribution in [3.05, 3.63) is 28.2 Å². The summed E-state index contributed by atoms with van der Waals surface area (Å²) >= 11 is 5.13. The lowest BCUT2D eigenvalue weighted by atomic mass is 10.1. The van der Waals surface area contributed by atoms with Crippen molar-refractivity contribution in [3.8, 4) is 0 Å². The monoisotopic (exact) mass is 377 g/mol. The number of aryl methyl sites for hydroxylation is 1. The van der Waals surface area contributed by atoms with Crippen LogP contribution in [0.3, 0.4) is 0 Å². The van der Waals surface area contributed by atoms with E-state index in [0.717, 1.165) is 18.4 Å². The maximum atomic E-state index is 12.4. The quantitative estimate of drug-likeness (QED) is 0.850. The molecule has 6 heteroatoms. The van der Waals surface area contributed by atoms with E-state index in [-0.39, 0.29) is 4.75 Å². The van der Waals surface area contributed by atoms with Crippen molar-refractivity contribution in [1.29, 1.82) is 0 Å². The maximum absolute atomic E-state index is 12.4. The smallest absolute Gasteiger partial charge is 0.210 e. The van der Waals surface area contributed by atoms with Gasteiger partial charge in [-0.05, 0) is 59.6 Å². The predicted molar refractivity (Wildman–Crippen MR) is 88.8 cm³/mol. The second-order valence-electron chi connectivity index (χ2n) is 5.35. The molecule has 1 aromatic rings.